The lowest BCUT2D eigenvalue weighted by molar-refractivity contribution is -0.128. The Labute approximate surface area is 144 Å². The molecule has 7 nitrogen and oxygen atoms in total. The number of likely N-dealkylation sites (tertiary alicyclic amines) is 1. The van der Waals surface area contributed by atoms with Gasteiger partial charge in [0.05, 0.1) is 6.04 Å². The van der Waals surface area contributed by atoms with E-state index in [9.17, 15) is 14.0 Å². The van der Waals surface area contributed by atoms with E-state index in [2.05, 4.69) is 15.3 Å². The van der Waals surface area contributed by atoms with Gasteiger partial charge in [-0.25, -0.2) is 14.4 Å². The largest absolute Gasteiger partial charge is 0.368 e. The molecule has 1 aliphatic rings. The number of nitrogens with zero attached hydrogens (tertiary/aromatic N) is 3. The average Bonchev–Trinajstić information content (AvgIpc) is 2.88. The number of nitrogens with two attached hydrogens (primary N) is 1. The number of amides is 2. The lowest BCUT2D eigenvalue weighted by Gasteiger charge is -2.17. The average molecular weight is 343 g/mol. The van der Waals surface area contributed by atoms with E-state index in [4.69, 9.17) is 5.73 Å². The lowest BCUT2D eigenvalue weighted by Crippen LogP contribution is -2.37. The Kier molecular flexibility index (Phi) is 4.60. The Morgan fingerprint density at radius 2 is 2.08 bits per heavy atom. The highest BCUT2D eigenvalue weighted by Crippen LogP contribution is 2.16. The van der Waals surface area contributed by atoms with Gasteiger partial charge in [0, 0.05) is 25.2 Å². The number of rotatable bonds is 4. The van der Waals surface area contributed by atoms with Gasteiger partial charge >= 0.3 is 0 Å². The van der Waals surface area contributed by atoms with Crippen molar-refractivity contribution in [2.75, 3.05) is 12.3 Å². The fraction of sp³-hybridized carbons (Fsp3) is 0.294. The Bertz CT molecular complexity index is 789. The highest BCUT2D eigenvalue weighted by molar-refractivity contribution is 5.93. The monoisotopic (exact) mass is 343 g/mol. The van der Waals surface area contributed by atoms with Crippen LogP contribution in [0.5, 0.6) is 0 Å². The van der Waals surface area contributed by atoms with Gasteiger partial charge in [0.2, 0.25) is 11.9 Å². The molecule has 1 aliphatic heterocycles. The van der Waals surface area contributed by atoms with Gasteiger partial charge in [0.15, 0.2) is 0 Å². The Hall–Kier alpha value is -3.03. The number of halogens is 1. The van der Waals surface area contributed by atoms with E-state index in [-0.39, 0.29) is 35.8 Å². The van der Waals surface area contributed by atoms with Crippen molar-refractivity contribution in [3.05, 3.63) is 53.1 Å². The Morgan fingerprint density at radius 1 is 1.36 bits per heavy atom. The number of nitrogens with one attached hydrogen (secondary N) is 1. The predicted molar refractivity (Wildman–Crippen MR) is 88.9 cm³/mol. The zero-order chi connectivity index (χ0) is 18.0. The van der Waals surface area contributed by atoms with E-state index in [1.165, 1.54) is 12.1 Å². The van der Waals surface area contributed by atoms with E-state index in [1.54, 1.807) is 30.0 Å². The second-order valence-electron chi connectivity index (χ2n) is 6.03. The van der Waals surface area contributed by atoms with Crippen molar-refractivity contribution in [3.63, 3.8) is 0 Å². The molecule has 0 aliphatic carbocycles. The maximum Gasteiger partial charge on any atom is 0.270 e. The maximum atomic E-state index is 13.0. The molecular weight excluding hydrogens is 325 g/mol. The fourth-order valence-electron chi connectivity index (χ4n) is 2.80. The molecule has 0 bridgehead atoms. The molecular formula is C17H18FN5O2. The molecule has 0 unspecified atom stereocenters. The number of aryl methyl sites for hydroxylation is 1. The second-order valence-corrected chi connectivity index (χ2v) is 6.03. The molecule has 25 heavy (non-hydrogen) atoms. The smallest absolute Gasteiger partial charge is 0.270 e. The minimum atomic E-state index is -0.390. The Morgan fingerprint density at radius 3 is 2.76 bits per heavy atom. The van der Waals surface area contributed by atoms with Crippen molar-refractivity contribution in [2.45, 2.75) is 25.9 Å². The Balaban J connectivity index is 1.62. The molecule has 8 heteroatoms. The summed E-state index contributed by atoms with van der Waals surface area (Å²) in [6.45, 7) is 2.49. The quantitative estimate of drug-likeness (QED) is 0.864. The molecule has 2 aromatic rings. The van der Waals surface area contributed by atoms with Gasteiger partial charge in [-0.3, -0.25) is 9.59 Å². The molecule has 0 spiro atoms. The summed E-state index contributed by atoms with van der Waals surface area (Å²) in [4.78, 5) is 33.9. The summed E-state index contributed by atoms with van der Waals surface area (Å²) in [6, 6.07) is 7.23. The summed E-state index contributed by atoms with van der Waals surface area (Å²) in [7, 11) is 0. The van der Waals surface area contributed by atoms with Crippen LogP contribution in [0.25, 0.3) is 0 Å². The summed E-state index contributed by atoms with van der Waals surface area (Å²) >= 11 is 0. The van der Waals surface area contributed by atoms with Gasteiger partial charge < -0.3 is 16.0 Å². The minimum absolute atomic E-state index is 0.0329. The first-order chi connectivity index (χ1) is 11.9. The van der Waals surface area contributed by atoms with Crippen molar-refractivity contribution in [2.24, 2.45) is 0 Å². The third-order valence-electron chi connectivity index (χ3n) is 3.94. The van der Waals surface area contributed by atoms with Gasteiger partial charge in [0.25, 0.3) is 5.91 Å². The van der Waals surface area contributed by atoms with Crippen molar-refractivity contribution < 1.29 is 14.0 Å². The second kappa shape index (κ2) is 6.84. The van der Waals surface area contributed by atoms with Crippen LogP contribution in [0.2, 0.25) is 0 Å². The third-order valence-corrected chi connectivity index (χ3v) is 3.94. The highest BCUT2D eigenvalue weighted by atomic mass is 19.1. The number of benzene rings is 1. The van der Waals surface area contributed by atoms with E-state index < -0.39 is 5.91 Å². The molecule has 130 valence electrons. The first-order valence-corrected chi connectivity index (χ1v) is 7.85. The third kappa shape index (κ3) is 4.09. The van der Waals surface area contributed by atoms with Crippen LogP contribution in [0.15, 0.2) is 30.3 Å². The zero-order valence-corrected chi connectivity index (χ0v) is 13.7. The van der Waals surface area contributed by atoms with E-state index in [0.717, 1.165) is 5.56 Å². The molecule has 1 aromatic carbocycles. The van der Waals surface area contributed by atoms with E-state index >= 15 is 0 Å². The van der Waals surface area contributed by atoms with Crippen LogP contribution in [0.3, 0.4) is 0 Å². The first kappa shape index (κ1) is 16.8. The van der Waals surface area contributed by atoms with Crippen LogP contribution in [-0.4, -0.2) is 39.3 Å². The maximum absolute atomic E-state index is 13.0. The number of carbonyl (C=O) groups is 2. The van der Waals surface area contributed by atoms with Gasteiger partial charge in [-0.1, -0.05) is 12.1 Å². The summed E-state index contributed by atoms with van der Waals surface area (Å²) in [5.74, 6) is -0.738. The molecule has 2 heterocycles. The molecule has 0 radical (unpaired) electrons. The molecule has 2 amide bonds. The summed E-state index contributed by atoms with van der Waals surface area (Å²) in [5.41, 5.74) is 7.16. The van der Waals surface area contributed by atoms with Gasteiger partial charge in [-0.2, -0.15) is 0 Å². The fourth-order valence-corrected chi connectivity index (χ4v) is 2.80. The van der Waals surface area contributed by atoms with E-state index in [0.29, 0.717) is 18.8 Å². The lowest BCUT2D eigenvalue weighted by atomic mass is 10.2. The topological polar surface area (TPSA) is 101 Å². The molecule has 1 atom stereocenters. The molecule has 1 fully saturated rings. The SMILES string of the molecule is Cc1cc(C(=O)N[C@H]2CC(=O)N(Cc3ccc(F)cc3)C2)nc(N)n1. The van der Waals surface area contributed by atoms with Crippen LogP contribution < -0.4 is 11.1 Å². The van der Waals surface area contributed by atoms with Crippen molar-refractivity contribution in [1.82, 2.24) is 20.2 Å². The normalized spacial score (nSPS) is 17.0. The van der Waals surface area contributed by atoms with Crippen molar-refractivity contribution in [1.29, 1.82) is 0 Å². The van der Waals surface area contributed by atoms with Gasteiger partial charge in [-0.15, -0.1) is 0 Å². The van der Waals surface area contributed by atoms with Gasteiger partial charge in [0.1, 0.15) is 11.5 Å². The summed E-state index contributed by atoms with van der Waals surface area (Å²) in [6.07, 6.45) is 0.215. The molecule has 1 aromatic heterocycles. The van der Waals surface area contributed by atoms with Crippen LogP contribution in [0.4, 0.5) is 10.3 Å². The summed E-state index contributed by atoms with van der Waals surface area (Å²) < 4.78 is 13.0. The number of anilines is 1. The van der Waals surface area contributed by atoms with E-state index in [1.807, 2.05) is 0 Å². The first-order valence-electron chi connectivity index (χ1n) is 7.85. The van der Waals surface area contributed by atoms with Crippen LogP contribution in [-0.2, 0) is 11.3 Å². The minimum Gasteiger partial charge on any atom is -0.368 e. The highest BCUT2D eigenvalue weighted by Gasteiger charge is 2.31. The number of hydrogen-bond acceptors (Lipinski definition) is 5. The number of carbonyl (C=O) groups excluding carboxylic acids is 2. The van der Waals surface area contributed by atoms with Crippen LogP contribution in [0.1, 0.15) is 28.2 Å². The predicted octanol–water partition coefficient (Wildman–Crippen LogP) is 1.04. The van der Waals surface area contributed by atoms with Crippen molar-refractivity contribution in [3.8, 4) is 0 Å². The number of aromatic nitrogens is 2. The van der Waals surface area contributed by atoms with Gasteiger partial charge in [-0.05, 0) is 30.7 Å². The van der Waals surface area contributed by atoms with Crippen LogP contribution in [0, 0.1) is 12.7 Å². The summed E-state index contributed by atoms with van der Waals surface area (Å²) in [5, 5.41) is 2.80. The number of nitrogen functional groups attached to an aromatic ring is 1. The molecule has 0 saturated carbocycles. The molecule has 3 N–H and O–H groups in total. The standard InChI is InChI=1S/C17H18FN5O2/c1-10-6-14(22-17(19)20-10)16(25)21-13-7-15(24)23(9-13)8-11-2-4-12(18)5-3-11/h2-6,13H,7-9H2,1H3,(H,21,25)(H2,19,20,22)/t13-/m0/s1. The van der Waals surface area contributed by atoms with Crippen molar-refractivity contribution >= 4 is 17.8 Å². The molecule has 3 rings (SSSR count). The molecule has 1 saturated heterocycles. The zero-order valence-electron chi connectivity index (χ0n) is 13.7. The number of hydrogen-bond donors (Lipinski definition) is 2. The van der Waals surface area contributed by atoms with Crippen LogP contribution >= 0.6 is 0 Å².